The van der Waals surface area contributed by atoms with Crippen LogP contribution >= 0.6 is 23.1 Å². The first-order valence-corrected chi connectivity index (χ1v) is 16.1. The number of carbonyl (C=O) groups excluding carboxylic acids is 2. The van der Waals surface area contributed by atoms with Gasteiger partial charge in [0.05, 0.1) is 40.7 Å². The number of esters is 1. The van der Waals surface area contributed by atoms with Crippen molar-refractivity contribution in [2.75, 3.05) is 18.6 Å². The predicted molar refractivity (Wildman–Crippen MR) is 149 cm³/mol. The van der Waals surface area contributed by atoms with Crippen molar-refractivity contribution in [3.63, 3.8) is 0 Å². The molecule has 0 aliphatic carbocycles. The average Bonchev–Trinajstić information content (AvgIpc) is 3.55. The number of imidazole rings is 1. The highest BCUT2D eigenvalue weighted by Gasteiger charge is 2.60. The number of aliphatic hydroxyl groups is 1. The average molecular weight is 623 g/mol. The van der Waals surface area contributed by atoms with Gasteiger partial charge in [0.25, 0.3) is 15.8 Å². The van der Waals surface area contributed by atoms with Crippen LogP contribution in [0.3, 0.4) is 0 Å². The molecule has 218 valence electrons. The number of nitro benzene ring substituents is 1. The summed E-state index contributed by atoms with van der Waals surface area (Å²) in [4.78, 5) is 44.3. The van der Waals surface area contributed by atoms with Crippen molar-refractivity contribution in [3.8, 4) is 0 Å². The standard InChI is InChI=1S/C25H26N4O9S3/c1-13-18(17-10-27-12-26-22(24(27)40-17)39-9-8-38-41(3,35)36)21(28-20(13)19(14(2)30)23(28)31)25(32)37-11-15-4-6-16(7-5-15)29(33)34/h4-7,10,12-14,19-20,30H,8-9,11H2,1-3H3/t13-,14+,19+,20+/m0/s1. The number of hydrogen-bond donors (Lipinski definition) is 1. The van der Waals surface area contributed by atoms with Crippen molar-refractivity contribution >= 4 is 61.2 Å². The van der Waals surface area contributed by atoms with E-state index in [0.717, 1.165) is 16.0 Å². The van der Waals surface area contributed by atoms with Crippen LogP contribution in [0.5, 0.6) is 0 Å². The van der Waals surface area contributed by atoms with Gasteiger partial charge < -0.3 is 14.7 Å². The van der Waals surface area contributed by atoms with Crippen molar-refractivity contribution in [2.45, 2.75) is 37.6 Å². The van der Waals surface area contributed by atoms with Crippen LogP contribution in [0, 0.1) is 22.0 Å². The highest BCUT2D eigenvalue weighted by Crippen LogP contribution is 2.52. The highest BCUT2D eigenvalue weighted by atomic mass is 32.2. The van der Waals surface area contributed by atoms with Crippen LogP contribution in [0.1, 0.15) is 24.3 Å². The number of amides is 1. The number of benzene rings is 1. The first kappa shape index (κ1) is 29.2. The fourth-order valence-corrected chi connectivity index (χ4v) is 7.76. The summed E-state index contributed by atoms with van der Waals surface area (Å²) in [7, 11) is -3.55. The van der Waals surface area contributed by atoms with Gasteiger partial charge in [0.1, 0.15) is 28.5 Å². The van der Waals surface area contributed by atoms with Gasteiger partial charge >= 0.3 is 5.97 Å². The SMILES string of the molecule is C[C@@H](O)[C@H]1C(=O)N2C(C(=O)OCc3ccc([N+](=O)[O-])cc3)=C(c3cn4cnc(SCCOS(C)(=O)=O)c4s3)[C@H](C)[C@H]12. The predicted octanol–water partition coefficient (Wildman–Crippen LogP) is 2.68. The first-order chi connectivity index (χ1) is 19.4. The van der Waals surface area contributed by atoms with E-state index in [-0.39, 0.29) is 36.4 Å². The van der Waals surface area contributed by atoms with Gasteiger partial charge in [0, 0.05) is 35.6 Å². The fourth-order valence-electron chi connectivity index (χ4n) is 5.14. The lowest BCUT2D eigenvalue weighted by molar-refractivity contribution is -0.384. The Hall–Kier alpha value is -3.31. The number of thiazole rings is 1. The van der Waals surface area contributed by atoms with Gasteiger partial charge in [-0.3, -0.25) is 23.5 Å². The quantitative estimate of drug-likeness (QED) is 0.0634. The number of ether oxygens (including phenoxy) is 1. The van der Waals surface area contributed by atoms with E-state index in [0.29, 0.717) is 21.9 Å². The summed E-state index contributed by atoms with van der Waals surface area (Å²) in [5.74, 6) is -1.67. The normalized spacial score (nSPS) is 21.2. The molecule has 1 N–H and O–H groups in total. The molecule has 2 aromatic heterocycles. The van der Waals surface area contributed by atoms with Crippen LogP contribution in [0.2, 0.25) is 0 Å². The van der Waals surface area contributed by atoms with E-state index in [9.17, 15) is 33.2 Å². The van der Waals surface area contributed by atoms with Crippen molar-refractivity contribution in [1.29, 1.82) is 0 Å². The van der Waals surface area contributed by atoms with Crippen LogP contribution in [0.25, 0.3) is 10.4 Å². The number of nitro groups is 1. The van der Waals surface area contributed by atoms with E-state index in [2.05, 4.69) is 4.98 Å². The molecule has 0 unspecified atom stereocenters. The van der Waals surface area contributed by atoms with E-state index in [1.807, 2.05) is 13.1 Å². The highest BCUT2D eigenvalue weighted by molar-refractivity contribution is 7.99. The zero-order valence-corrected chi connectivity index (χ0v) is 24.6. The molecule has 1 aromatic carbocycles. The second kappa shape index (κ2) is 11.2. The molecule has 3 aromatic rings. The minimum absolute atomic E-state index is 0.00677. The summed E-state index contributed by atoms with van der Waals surface area (Å²) in [6.07, 6.45) is 3.51. The number of thioether (sulfide) groups is 1. The molecular formula is C25H26N4O9S3. The molecule has 16 heteroatoms. The Labute approximate surface area is 243 Å². The molecule has 5 rings (SSSR count). The second-order valence-corrected chi connectivity index (χ2v) is 13.5. The maximum atomic E-state index is 13.5. The van der Waals surface area contributed by atoms with E-state index in [4.69, 9.17) is 8.92 Å². The van der Waals surface area contributed by atoms with Crippen molar-refractivity contribution < 1.29 is 37.0 Å². The van der Waals surface area contributed by atoms with Crippen molar-refractivity contribution in [2.24, 2.45) is 11.8 Å². The van der Waals surface area contributed by atoms with E-state index >= 15 is 0 Å². The lowest BCUT2D eigenvalue weighted by atomic mass is 9.77. The number of rotatable bonds is 11. The molecule has 1 fully saturated rings. The molecule has 0 saturated carbocycles. The Morgan fingerprint density at radius 1 is 1.32 bits per heavy atom. The summed E-state index contributed by atoms with van der Waals surface area (Å²) in [6, 6.07) is 5.21. The summed E-state index contributed by atoms with van der Waals surface area (Å²) < 4.78 is 34.6. The zero-order chi connectivity index (χ0) is 29.6. The lowest BCUT2D eigenvalue weighted by Gasteiger charge is -2.46. The van der Waals surface area contributed by atoms with Gasteiger partial charge in [-0.15, -0.1) is 23.1 Å². The minimum Gasteiger partial charge on any atom is -0.456 e. The molecule has 41 heavy (non-hydrogen) atoms. The summed E-state index contributed by atoms with van der Waals surface area (Å²) in [5.41, 5.74) is 1.19. The maximum absolute atomic E-state index is 13.5. The third-order valence-corrected chi connectivity index (χ3v) is 9.76. The largest absolute Gasteiger partial charge is 0.456 e. The number of β-lactam (4-membered cyclic amide) rings is 1. The Bertz CT molecular complexity index is 1660. The molecule has 0 radical (unpaired) electrons. The van der Waals surface area contributed by atoms with Gasteiger partial charge in [-0.2, -0.15) is 8.42 Å². The Morgan fingerprint density at radius 3 is 2.66 bits per heavy atom. The number of hydrogen-bond acceptors (Lipinski definition) is 12. The van der Waals surface area contributed by atoms with Crippen molar-refractivity contribution in [3.05, 3.63) is 63.0 Å². The van der Waals surface area contributed by atoms with Gasteiger partial charge in [-0.1, -0.05) is 6.92 Å². The molecule has 1 amide bonds. The zero-order valence-electron chi connectivity index (χ0n) is 22.1. The van der Waals surface area contributed by atoms with Gasteiger partial charge in [0.15, 0.2) is 0 Å². The van der Waals surface area contributed by atoms with Crippen molar-refractivity contribution in [1.82, 2.24) is 14.3 Å². The third kappa shape index (κ3) is 5.61. The molecule has 13 nitrogen and oxygen atoms in total. The second-order valence-electron chi connectivity index (χ2n) is 9.75. The smallest absolute Gasteiger partial charge is 0.355 e. The van der Waals surface area contributed by atoms with Crippen LogP contribution in [0.4, 0.5) is 5.69 Å². The van der Waals surface area contributed by atoms with Crippen LogP contribution in [-0.2, 0) is 35.2 Å². The van der Waals surface area contributed by atoms with Crippen LogP contribution < -0.4 is 0 Å². The minimum atomic E-state index is -3.55. The Balaban J connectivity index is 1.43. The number of aliphatic hydroxyl groups excluding tert-OH is 1. The molecule has 2 aliphatic rings. The fraction of sp³-hybridized carbons (Fsp3) is 0.400. The third-order valence-electron chi connectivity index (χ3n) is 6.95. The van der Waals surface area contributed by atoms with E-state index in [1.165, 1.54) is 52.3 Å². The van der Waals surface area contributed by atoms with Gasteiger partial charge in [-0.25, -0.2) is 9.78 Å². The van der Waals surface area contributed by atoms with Crippen LogP contribution in [0.15, 0.2) is 47.5 Å². The molecule has 1 saturated heterocycles. The van der Waals surface area contributed by atoms with E-state index < -0.39 is 39.1 Å². The first-order valence-electron chi connectivity index (χ1n) is 12.5. The Morgan fingerprint density at radius 2 is 2.02 bits per heavy atom. The number of nitrogens with zero attached hydrogens (tertiary/aromatic N) is 4. The van der Waals surface area contributed by atoms with Gasteiger partial charge in [-0.05, 0) is 24.6 Å². The molecule has 0 bridgehead atoms. The van der Waals surface area contributed by atoms with E-state index in [1.54, 1.807) is 17.7 Å². The summed E-state index contributed by atoms with van der Waals surface area (Å²) in [6.45, 7) is 3.29. The molecule has 4 heterocycles. The topological polar surface area (TPSA) is 171 Å². The molecule has 4 atom stereocenters. The maximum Gasteiger partial charge on any atom is 0.355 e. The number of fused-ring (bicyclic) bond motifs is 2. The monoisotopic (exact) mass is 622 g/mol. The summed E-state index contributed by atoms with van der Waals surface area (Å²) in [5, 5.41) is 21.9. The summed E-state index contributed by atoms with van der Waals surface area (Å²) >= 11 is 2.70. The lowest BCUT2D eigenvalue weighted by Crippen LogP contribution is -2.63. The van der Waals surface area contributed by atoms with Crippen LogP contribution in [-0.4, -0.2) is 75.4 Å². The molecule has 2 aliphatic heterocycles. The molecule has 0 spiro atoms. The number of carbonyl (C=O) groups is 2. The number of non-ortho nitro benzene ring substituents is 1. The number of aromatic nitrogens is 2. The van der Waals surface area contributed by atoms with Gasteiger partial charge in [0.2, 0.25) is 5.91 Å². The molecular weight excluding hydrogens is 596 g/mol. The Kier molecular flexibility index (Phi) is 7.95.